The van der Waals surface area contributed by atoms with Gasteiger partial charge in [0.2, 0.25) is 5.91 Å². The summed E-state index contributed by atoms with van der Waals surface area (Å²) in [5, 5.41) is 7.97. The predicted octanol–water partition coefficient (Wildman–Crippen LogP) is 2.49. The van der Waals surface area contributed by atoms with E-state index < -0.39 is 5.91 Å². The summed E-state index contributed by atoms with van der Waals surface area (Å²) >= 11 is 1.44. The summed E-state index contributed by atoms with van der Waals surface area (Å²) in [5.41, 5.74) is 6.11. The monoisotopic (exact) mass is 261 g/mol. The number of primary amides is 1. The summed E-state index contributed by atoms with van der Waals surface area (Å²) in [6.07, 6.45) is 0. The first-order valence-electron chi connectivity index (χ1n) is 5.16. The van der Waals surface area contributed by atoms with Gasteiger partial charge in [0.05, 0.1) is 5.00 Å². The Kier molecular flexibility index (Phi) is 3.59. The Hall–Kier alpha value is -2.34. The average Bonchev–Trinajstić information content (AvgIpc) is 2.82. The Labute approximate surface area is 108 Å². The molecule has 6 heteroatoms. The van der Waals surface area contributed by atoms with Gasteiger partial charge in [-0.25, -0.2) is 4.79 Å². The van der Waals surface area contributed by atoms with Crippen molar-refractivity contribution in [3.63, 3.8) is 0 Å². The molecule has 18 heavy (non-hydrogen) atoms. The van der Waals surface area contributed by atoms with Crippen LogP contribution in [-0.4, -0.2) is 11.9 Å². The SMILES string of the molecule is NC(=O)c1ccc(NC(=O)Nc2cccs2)cc1. The molecule has 3 amide bonds. The minimum atomic E-state index is -0.496. The van der Waals surface area contributed by atoms with Crippen molar-refractivity contribution in [1.29, 1.82) is 0 Å². The Morgan fingerprint density at radius 2 is 1.78 bits per heavy atom. The minimum Gasteiger partial charge on any atom is -0.366 e. The van der Waals surface area contributed by atoms with Gasteiger partial charge in [-0.1, -0.05) is 0 Å². The highest BCUT2D eigenvalue weighted by Crippen LogP contribution is 2.15. The molecule has 0 saturated heterocycles. The van der Waals surface area contributed by atoms with E-state index in [1.165, 1.54) is 11.3 Å². The molecule has 0 bridgehead atoms. The average molecular weight is 261 g/mol. The van der Waals surface area contributed by atoms with Crippen LogP contribution in [0.2, 0.25) is 0 Å². The molecule has 0 aliphatic carbocycles. The lowest BCUT2D eigenvalue weighted by molar-refractivity contribution is 0.100. The predicted molar refractivity (Wildman–Crippen MR) is 71.9 cm³/mol. The molecule has 0 saturated carbocycles. The number of amides is 3. The first-order chi connectivity index (χ1) is 8.65. The molecule has 0 fully saturated rings. The van der Waals surface area contributed by atoms with Crippen LogP contribution in [0.3, 0.4) is 0 Å². The third-order valence-corrected chi connectivity index (χ3v) is 2.97. The largest absolute Gasteiger partial charge is 0.366 e. The maximum Gasteiger partial charge on any atom is 0.324 e. The second kappa shape index (κ2) is 5.33. The van der Waals surface area contributed by atoms with E-state index in [0.717, 1.165) is 5.00 Å². The van der Waals surface area contributed by atoms with E-state index in [1.54, 1.807) is 30.3 Å². The van der Waals surface area contributed by atoms with Gasteiger partial charge in [0, 0.05) is 11.3 Å². The van der Waals surface area contributed by atoms with Crippen molar-refractivity contribution < 1.29 is 9.59 Å². The standard InChI is InChI=1S/C12H11N3O2S/c13-11(16)8-3-5-9(6-4-8)14-12(17)15-10-2-1-7-18-10/h1-7H,(H2,13,16)(H2,14,15,17). The zero-order valence-electron chi connectivity index (χ0n) is 9.34. The summed E-state index contributed by atoms with van der Waals surface area (Å²) in [4.78, 5) is 22.5. The molecule has 0 aliphatic rings. The molecule has 2 aromatic rings. The van der Waals surface area contributed by atoms with Crippen molar-refractivity contribution in [3.05, 3.63) is 47.3 Å². The second-order valence-electron chi connectivity index (χ2n) is 3.50. The molecule has 1 aromatic heterocycles. The van der Waals surface area contributed by atoms with Crippen molar-refractivity contribution in [2.45, 2.75) is 0 Å². The highest BCUT2D eigenvalue weighted by atomic mass is 32.1. The Morgan fingerprint density at radius 3 is 2.33 bits per heavy atom. The zero-order chi connectivity index (χ0) is 13.0. The van der Waals surface area contributed by atoms with Gasteiger partial charge in [-0.05, 0) is 41.8 Å². The van der Waals surface area contributed by atoms with Crippen molar-refractivity contribution in [2.24, 2.45) is 5.73 Å². The van der Waals surface area contributed by atoms with Gasteiger partial charge in [0.25, 0.3) is 0 Å². The van der Waals surface area contributed by atoms with Crippen LogP contribution >= 0.6 is 11.3 Å². The first kappa shape index (κ1) is 12.1. The molecule has 4 N–H and O–H groups in total. The molecule has 0 atom stereocenters. The van der Waals surface area contributed by atoms with Crippen LogP contribution in [0.25, 0.3) is 0 Å². The maximum atomic E-state index is 11.6. The Morgan fingerprint density at radius 1 is 1.06 bits per heavy atom. The van der Waals surface area contributed by atoms with Gasteiger partial charge in [-0.2, -0.15) is 0 Å². The fourth-order valence-electron chi connectivity index (χ4n) is 1.34. The molecule has 1 heterocycles. The van der Waals surface area contributed by atoms with Gasteiger partial charge >= 0.3 is 6.03 Å². The molecule has 0 unspecified atom stereocenters. The van der Waals surface area contributed by atoms with Crippen LogP contribution in [0, 0.1) is 0 Å². The number of rotatable bonds is 3. The molecule has 1 aromatic carbocycles. The number of urea groups is 1. The summed E-state index contributed by atoms with van der Waals surface area (Å²) in [7, 11) is 0. The van der Waals surface area contributed by atoms with Crippen molar-refractivity contribution >= 4 is 34.0 Å². The Balaban J connectivity index is 1.97. The number of hydrogen-bond acceptors (Lipinski definition) is 3. The van der Waals surface area contributed by atoms with Gasteiger partial charge in [0.15, 0.2) is 0 Å². The zero-order valence-corrected chi connectivity index (χ0v) is 10.2. The highest BCUT2D eigenvalue weighted by molar-refractivity contribution is 7.14. The molecule has 2 rings (SSSR count). The van der Waals surface area contributed by atoms with Crippen LogP contribution in [0.1, 0.15) is 10.4 Å². The maximum absolute atomic E-state index is 11.6. The van der Waals surface area contributed by atoms with Crippen molar-refractivity contribution in [2.75, 3.05) is 10.6 Å². The fourth-order valence-corrected chi connectivity index (χ4v) is 1.95. The minimum absolute atomic E-state index is 0.329. The number of thiophene rings is 1. The quantitative estimate of drug-likeness (QED) is 0.793. The number of nitrogens with two attached hydrogens (primary N) is 1. The van der Waals surface area contributed by atoms with Crippen LogP contribution < -0.4 is 16.4 Å². The lowest BCUT2D eigenvalue weighted by atomic mass is 10.2. The van der Waals surface area contributed by atoms with Crippen molar-refractivity contribution in [1.82, 2.24) is 0 Å². The number of benzene rings is 1. The van der Waals surface area contributed by atoms with E-state index in [2.05, 4.69) is 10.6 Å². The number of carbonyl (C=O) groups is 2. The summed E-state index contributed by atoms with van der Waals surface area (Å²) in [6.45, 7) is 0. The fraction of sp³-hybridized carbons (Fsp3) is 0. The molecular formula is C12H11N3O2S. The van der Waals surface area contributed by atoms with E-state index in [1.807, 2.05) is 11.4 Å². The summed E-state index contributed by atoms with van der Waals surface area (Å²) < 4.78 is 0. The number of nitrogens with one attached hydrogen (secondary N) is 2. The molecular weight excluding hydrogens is 250 g/mol. The third-order valence-electron chi connectivity index (χ3n) is 2.19. The van der Waals surface area contributed by atoms with E-state index in [0.29, 0.717) is 11.3 Å². The van der Waals surface area contributed by atoms with Crippen molar-refractivity contribution in [3.8, 4) is 0 Å². The Bertz CT molecular complexity index is 549. The van der Waals surface area contributed by atoms with E-state index >= 15 is 0 Å². The smallest absolute Gasteiger partial charge is 0.324 e. The number of hydrogen-bond donors (Lipinski definition) is 3. The first-order valence-corrected chi connectivity index (χ1v) is 6.04. The van der Waals surface area contributed by atoms with E-state index in [4.69, 9.17) is 5.73 Å². The van der Waals surface area contributed by atoms with Gasteiger partial charge in [-0.3, -0.25) is 10.1 Å². The molecule has 92 valence electrons. The van der Waals surface area contributed by atoms with E-state index in [9.17, 15) is 9.59 Å². The molecule has 0 aliphatic heterocycles. The van der Waals surface area contributed by atoms with Crippen LogP contribution in [0.15, 0.2) is 41.8 Å². The van der Waals surface area contributed by atoms with Gasteiger partial charge < -0.3 is 11.1 Å². The molecule has 0 spiro atoms. The van der Waals surface area contributed by atoms with Crippen LogP contribution in [-0.2, 0) is 0 Å². The highest BCUT2D eigenvalue weighted by Gasteiger charge is 2.04. The normalized spacial score (nSPS) is 9.78. The molecule has 0 radical (unpaired) electrons. The lowest BCUT2D eigenvalue weighted by Gasteiger charge is -2.06. The topological polar surface area (TPSA) is 84.2 Å². The van der Waals surface area contributed by atoms with Gasteiger partial charge in [0.1, 0.15) is 0 Å². The van der Waals surface area contributed by atoms with Crippen LogP contribution in [0.4, 0.5) is 15.5 Å². The van der Waals surface area contributed by atoms with E-state index in [-0.39, 0.29) is 6.03 Å². The number of carbonyl (C=O) groups excluding carboxylic acids is 2. The number of anilines is 2. The summed E-state index contributed by atoms with van der Waals surface area (Å²) in [6, 6.07) is 9.68. The third kappa shape index (κ3) is 3.08. The second-order valence-corrected chi connectivity index (χ2v) is 4.45. The van der Waals surface area contributed by atoms with Gasteiger partial charge in [-0.15, -0.1) is 11.3 Å². The summed E-state index contributed by atoms with van der Waals surface area (Å²) in [5.74, 6) is -0.496. The van der Waals surface area contributed by atoms with Crippen LogP contribution in [0.5, 0.6) is 0 Å². The molecule has 5 nitrogen and oxygen atoms in total. The lowest BCUT2D eigenvalue weighted by Crippen LogP contribution is -2.19.